The normalized spacial score (nSPS) is 10.1. The highest BCUT2D eigenvalue weighted by Crippen LogP contribution is 2.27. The molecule has 1 aromatic heterocycles. The van der Waals surface area contributed by atoms with E-state index >= 15 is 0 Å². The minimum Gasteiger partial charge on any atom is -0.477 e. The van der Waals surface area contributed by atoms with E-state index in [1.54, 1.807) is 6.07 Å². The Balaban J connectivity index is 2.37. The van der Waals surface area contributed by atoms with Crippen molar-refractivity contribution in [3.63, 3.8) is 0 Å². The van der Waals surface area contributed by atoms with Gasteiger partial charge in [-0.15, -0.1) is 11.3 Å². The number of hydrogen-bond donors (Lipinski definition) is 2. The predicted molar refractivity (Wildman–Crippen MR) is 74.2 cm³/mol. The molecular formula is C14H13NO2S. The summed E-state index contributed by atoms with van der Waals surface area (Å²) in [6.07, 6.45) is 0.781. The molecule has 0 fully saturated rings. The Bertz CT molecular complexity index is 634. The van der Waals surface area contributed by atoms with Crippen molar-refractivity contribution in [2.75, 3.05) is 13.6 Å². The molecule has 0 radical (unpaired) electrons. The molecule has 0 amide bonds. The third kappa shape index (κ3) is 2.70. The van der Waals surface area contributed by atoms with Gasteiger partial charge in [0.1, 0.15) is 4.88 Å². The predicted octanol–water partition coefficient (Wildman–Crippen LogP) is 2.56. The molecular weight excluding hydrogens is 246 g/mol. The second-order valence-electron chi connectivity index (χ2n) is 3.79. The van der Waals surface area contributed by atoms with Crippen molar-refractivity contribution in [2.45, 2.75) is 6.42 Å². The van der Waals surface area contributed by atoms with Crippen LogP contribution in [0.4, 0.5) is 0 Å². The van der Waals surface area contributed by atoms with Crippen molar-refractivity contribution in [1.29, 1.82) is 0 Å². The van der Waals surface area contributed by atoms with E-state index in [1.165, 1.54) is 11.3 Å². The Kier molecular flexibility index (Phi) is 3.98. The van der Waals surface area contributed by atoms with E-state index in [2.05, 4.69) is 17.2 Å². The highest BCUT2D eigenvalue weighted by molar-refractivity contribution is 7.20. The molecule has 4 heteroatoms. The second kappa shape index (κ2) is 5.67. The molecule has 2 aromatic rings. The molecule has 0 aliphatic rings. The van der Waals surface area contributed by atoms with Gasteiger partial charge in [-0.25, -0.2) is 4.79 Å². The van der Waals surface area contributed by atoms with Crippen LogP contribution in [0.1, 0.15) is 21.7 Å². The molecule has 0 unspecified atom stereocenters. The summed E-state index contributed by atoms with van der Waals surface area (Å²) in [5.74, 6) is 5.29. The van der Waals surface area contributed by atoms with Crippen LogP contribution in [-0.4, -0.2) is 24.7 Å². The minimum absolute atomic E-state index is 0.356. The molecule has 0 saturated heterocycles. The Morgan fingerprint density at radius 2 is 2.33 bits per heavy atom. The lowest BCUT2D eigenvalue weighted by molar-refractivity contribution is 0.0702. The van der Waals surface area contributed by atoms with E-state index in [0.717, 1.165) is 28.6 Å². The third-order valence-corrected chi connectivity index (χ3v) is 3.58. The summed E-state index contributed by atoms with van der Waals surface area (Å²) in [5, 5.41) is 12.9. The lowest BCUT2D eigenvalue weighted by Crippen LogP contribution is -2.05. The first-order valence-corrected chi connectivity index (χ1v) is 6.43. The Hall–Kier alpha value is -1.83. The number of fused-ring (bicyclic) bond motifs is 1. The standard InChI is InChI=1S/C14H13NO2S/c1-15-8-3-2-5-10-6-4-7-12-11(10)9-13(18-12)14(16)17/h4,6-7,9,15H,3,8H2,1H3,(H,16,17). The molecule has 3 nitrogen and oxygen atoms in total. The molecule has 0 aliphatic heterocycles. The average molecular weight is 259 g/mol. The van der Waals surface area contributed by atoms with Gasteiger partial charge in [0.05, 0.1) is 0 Å². The summed E-state index contributed by atoms with van der Waals surface area (Å²) in [7, 11) is 1.89. The lowest BCUT2D eigenvalue weighted by Gasteiger charge is -1.93. The monoisotopic (exact) mass is 259 g/mol. The van der Waals surface area contributed by atoms with Gasteiger partial charge in [-0.05, 0) is 25.2 Å². The fraction of sp³-hybridized carbons (Fsp3) is 0.214. The number of benzene rings is 1. The molecule has 0 saturated carbocycles. The number of nitrogens with one attached hydrogen (secondary N) is 1. The third-order valence-electron chi connectivity index (χ3n) is 2.50. The zero-order valence-corrected chi connectivity index (χ0v) is 10.8. The number of carbonyl (C=O) groups is 1. The SMILES string of the molecule is CNCCC#Cc1cccc2sc(C(=O)O)cc12. The van der Waals surface area contributed by atoms with Crippen LogP contribution < -0.4 is 5.32 Å². The van der Waals surface area contributed by atoms with Gasteiger partial charge in [-0.2, -0.15) is 0 Å². The highest BCUT2D eigenvalue weighted by atomic mass is 32.1. The number of thiophene rings is 1. The maximum atomic E-state index is 10.9. The molecule has 1 heterocycles. The van der Waals surface area contributed by atoms with Crippen molar-refractivity contribution >= 4 is 27.4 Å². The van der Waals surface area contributed by atoms with Gasteiger partial charge < -0.3 is 10.4 Å². The summed E-state index contributed by atoms with van der Waals surface area (Å²) in [6, 6.07) is 7.45. The largest absolute Gasteiger partial charge is 0.477 e. The molecule has 2 rings (SSSR count). The van der Waals surface area contributed by atoms with E-state index in [1.807, 2.05) is 25.2 Å². The molecule has 1 aromatic carbocycles. The van der Waals surface area contributed by atoms with Crippen LogP contribution in [-0.2, 0) is 0 Å². The Labute approximate surface area is 109 Å². The fourth-order valence-electron chi connectivity index (χ4n) is 1.62. The summed E-state index contributed by atoms with van der Waals surface area (Å²) < 4.78 is 0.966. The van der Waals surface area contributed by atoms with Crippen LogP contribution in [0.2, 0.25) is 0 Å². The summed E-state index contributed by atoms with van der Waals surface area (Å²) in [4.78, 5) is 11.3. The number of aromatic carboxylic acids is 1. The van der Waals surface area contributed by atoms with Crippen LogP contribution in [0, 0.1) is 11.8 Å². The van der Waals surface area contributed by atoms with Gasteiger partial charge in [0, 0.05) is 28.6 Å². The van der Waals surface area contributed by atoms with Crippen LogP contribution in [0.3, 0.4) is 0 Å². The number of carboxylic acid groups (broad SMARTS) is 1. The fourth-order valence-corrected chi connectivity index (χ4v) is 2.55. The first-order chi connectivity index (χ1) is 8.72. The van der Waals surface area contributed by atoms with Crippen molar-refractivity contribution in [3.8, 4) is 11.8 Å². The first kappa shape index (κ1) is 12.6. The number of rotatable bonds is 3. The van der Waals surface area contributed by atoms with Crippen LogP contribution >= 0.6 is 11.3 Å². The van der Waals surface area contributed by atoms with Crippen molar-refractivity contribution in [1.82, 2.24) is 5.32 Å². The van der Waals surface area contributed by atoms with E-state index in [0.29, 0.717) is 4.88 Å². The Morgan fingerprint density at radius 3 is 3.06 bits per heavy atom. The summed E-state index contributed by atoms with van der Waals surface area (Å²) >= 11 is 1.28. The van der Waals surface area contributed by atoms with Crippen LogP contribution in [0.15, 0.2) is 24.3 Å². The van der Waals surface area contributed by atoms with Crippen molar-refractivity contribution in [3.05, 3.63) is 34.7 Å². The van der Waals surface area contributed by atoms with Gasteiger partial charge in [0.2, 0.25) is 0 Å². The molecule has 0 aliphatic carbocycles. The van der Waals surface area contributed by atoms with Crippen LogP contribution in [0.25, 0.3) is 10.1 Å². The molecule has 0 atom stereocenters. The van der Waals surface area contributed by atoms with Crippen LogP contribution in [0.5, 0.6) is 0 Å². The molecule has 18 heavy (non-hydrogen) atoms. The van der Waals surface area contributed by atoms with E-state index < -0.39 is 5.97 Å². The molecule has 92 valence electrons. The van der Waals surface area contributed by atoms with Gasteiger partial charge in [-0.3, -0.25) is 0 Å². The van der Waals surface area contributed by atoms with Crippen molar-refractivity contribution in [2.24, 2.45) is 0 Å². The van der Waals surface area contributed by atoms with E-state index in [4.69, 9.17) is 5.11 Å². The second-order valence-corrected chi connectivity index (χ2v) is 4.87. The van der Waals surface area contributed by atoms with Gasteiger partial charge in [-0.1, -0.05) is 17.9 Å². The van der Waals surface area contributed by atoms with Gasteiger partial charge >= 0.3 is 5.97 Å². The molecule has 0 bridgehead atoms. The summed E-state index contributed by atoms with van der Waals surface area (Å²) in [6.45, 7) is 0.854. The maximum absolute atomic E-state index is 10.9. The summed E-state index contributed by atoms with van der Waals surface area (Å²) in [5.41, 5.74) is 0.896. The van der Waals surface area contributed by atoms with E-state index in [-0.39, 0.29) is 0 Å². The topological polar surface area (TPSA) is 49.3 Å². The van der Waals surface area contributed by atoms with Gasteiger partial charge in [0.15, 0.2) is 0 Å². The average Bonchev–Trinajstić information content (AvgIpc) is 2.79. The maximum Gasteiger partial charge on any atom is 0.345 e. The number of hydrogen-bond acceptors (Lipinski definition) is 3. The van der Waals surface area contributed by atoms with Gasteiger partial charge in [0.25, 0.3) is 0 Å². The zero-order chi connectivity index (χ0) is 13.0. The quantitative estimate of drug-likeness (QED) is 0.658. The number of carboxylic acids is 1. The van der Waals surface area contributed by atoms with E-state index in [9.17, 15) is 4.79 Å². The molecule has 0 spiro atoms. The minimum atomic E-state index is -0.884. The lowest BCUT2D eigenvalue weighted by atomic mass is 10.1. The highest BCUT2D eigenvalue weighted by Gasteiger charge is 2.09. The Morgan fingerprint density at radius 1 is 1.50 bits per heavy atom. The molecule has 2 N–H and O–H groups in total. The van der Waals surface area contributed by atoms with Crippen molar-refractivity contribution < 1.29 is 9.90 Å². The first-order valence-electron chi connectivity index (χ1n) is 5.61. The zero-order valence-electron chi connectivity index (χ0n) is 9.99. The smallest absolute Gasteiger partial charge is 0.345 e.